The van der Waals surface area contributed by atoms with Crippen molar-refractivity contribution >= 4 is 0 Å². The van der Waals surface area contributed by atoms with Gasteiger partial charge in [0.1, 0.15) is 0 Å². The number of halogens is 1. The molecule has 1 saturated heterocycles. The second-order valence-electron chi connectivity index (χ2n) is 6.04. The van der Waals surface area contributed by atoms with Crippen LogP contribution in [0, 0.1) is 6.42 Å². The Bertz CT molecular complexity index is 517. The van der Waals surface area contributed by atoms with Crippen LogP contribution in [0.15, 0.2) is 60.7 Å². The molecule has 2 aromatic rings. The van der Waals surface area contributed by atoms with Gasteiger partial charge in [-0.1, -0.05) is 67.6 Å². The van der Waals surface area contributed by atoms with Gasteiger partial charge in [0.05, 0.1) is 11.7 Å². The minimum Gasteiger partial charge on any atom is -1.00 e. The van der Waals surface area contributed by atoms with E-state index in [4.69, 9.17) is 4.74 Å². The molecule has 1 fully saturated rings. The summed E-state index contributed by atoms with van der Waals surface area (Å²) in [5, 5.41) is 0. The predicted octanol–water partition coefficient (Wildman–Crippen LogP) is 1.62. The standard InChI is InChI=1S/C20H23O.ClH.Hg/c1-2-19-13-14-20(21-19,15-17-9-5-3-6-10-17)16-18-11-7-4-8-12-18;;/h2-12,19H,13-16H2,1H3;1H;/q;;+1/p-1/t19-;;/m1../s1. The van der Waals surface area contributed by atoms with Gasteiger partial charge in [0, 0.05) is 12.8 Å². The number of hydrogen-bond acceptors (Lipinski definition) is 1. The fraction of sp³-hybridized carbons (Fsp3) is 0.350. The zero-order chi connectivity index (χ0) is 14.5. The van der Waals surface area contributed by atoms with Crippen molar-refractivity contribution < 1.29 is 44.8 Å². The third-order valence-corrected chi connectivity index (χ3v) is 4.40. The molecule has 3 heteroatoms. The van der Waals surface area contributed by atoms with Crippen molar-refractivity contribution in [1.82, 2.24) is 0 Å². The summed E-state index contributed by atoms with van der Waals surface area (Å²) in [5.41, 5.74) is 2.68. The van der Waals surface area contributed by atoms with Crippen molar-refractivity contribution in [2.75, 3.05) is 0 Å². The summed E-state index contributed by atoms with van der Waals surface area (Å²) in [6.07, 6.45) is 6.75. The maximum atomic E-state index is 6.45. The van der Waals surface area contributed by atoms with Gasteiger partial charge in [-0.2, -0.15) is 0 Å². The molecule has 0 aliphatic carbocycles. The Hall–Kier alpha value is -0.375. The normalized spacial score (nSPS) is 18.7. The summed E-state index contributed by atoms with van der Waals surface area (Å²) in [4.78, 5) is 0. The van der Waals surface area contributed by atoms with Crippen LogP contribution in [0.3, 0.4) is 0 Å². The van der Waals surface area contributed by atoms with Gasteiger partial charge in [-0.3, -0.25) is 0 Å². The molecule has 0 spiro atoms. The zero-order valence-electron chi connectivity index (χ0n) is 13.7. The number of rotatable bonds is 5. The molecule has 2 aromatic carbocycles. The van der Waals surface area contributed by atoms with Gasteiger partial charge in [-0.25, -0.2) is 0 Å². The topological polar surface area (TPSA) is 9.23 Å². The number of benzene rings is 2. The van der Waals surface area contributed by atoms with Crippen LogP contribution >= 0.6 is 0 Å². The van der Waals surface area contributed by atoms with Crippen molar-refractivity contribution in [3.05, 3.63) is 78.2 Å². The van der Waals surface area contributed by atoms with E-state index in [1.54, 1.807) is 0 Å². The smallest absolute Gasteiger partial charge is 1.00 e. The van der Waals surface area contributed by atoms with Gasteiger partial charge in [-0.15, -0.1) is 0 Å². The fourth-order valence-electron chi connectivity index (χ4n) is 3.34. The molecule has 1 atom stereocenters. The number of ether oxygens (including phenoxy) is 1. The summed E-state index contributed by atoms with van der Waals surface area (Å²) in [5.74, 6) is 0. The quantitative estimate of drug-likeness (QED) is 0.551. The molecule has 1 heterocycles. The molecule has 0 aromatic heterocycles. The molecule has 0 saturated carbocycles. The maximum absolute atomic E-state index is 6.45. The summed E-state index contributed by atoms with van der Waals surface area (Å²) in [6, 6.07) is 21.4. The Morgan fingerprint density at radius 2 is 1.43 bits per heavy atom. The monoisotopic (exact) mass is 516 g/mol. The van der Waals surface area contributed by atoms with E-state index < -0.39 is 0 Å². The SMILES string of the molecule is C[CH][C@@H]1CCC(Cc2ccccc2)(Cc2ccccc2)O1.[Cl-].[Hg+]. The van der Waals surface area contributed by atoms with Crippen LogP contribution in [0.1, 0.15) is 30.9 Å². The van der Waals surface area contributed by atoms with Crippen LogP contribution in [-0.4, -0.2) is 11.7 Å². The minimum atomic E-state index is -0.0557. The van der Waals surface area contributed by atoms with E-state index in [1.807, 2.05) is 0 Å². The van der Waals surface area contributed by atoms with Crippen LogP contribution in [0.4, 0.5) is 0 Å². The first-order chi connectivity index (χ1) is 10.3. The minimum absolute atomic E-state index is 0. The van der Waals surface area contributed by atoms with E-state index >= 15 is 0 Å². The van der Waals surface area contributed by atoms with Crippen molar-refractivity contribution in [2.24, 2.45) is 0 Å². The fourth-order valence-corrected chi connectivity index (χ4v) is 3.34. The predicted molar refractivity (Wildman–Crippen MR) is 87.1 cm³/mol. The van der Waals surface area contributed by atoms with Crippen molar-refractivity contribution in [3.63, 3.8) is 0 Å². The van der Waals surface area contributed by atoms with Crippen LogP contribution in [0.5, 0.6) is 0 Å². The van der Waals surface area contributed by atoms with Crippen LogP contribution in [0.25, 0.3) is 0 Å². The summed E-state index contributed by atoms with van der Waals surface area (Å²) < 4.78 is 6.45. The van der Waals surface area contributed by atoms with Crippen molar-refractivity contribution in [3.8, 4) is 0 Å². The van der Waals surface area contributed by atoms with E-state index in [-0.39, 0.29) is 45.7 Å². The van der Waals surface area contributed by atoms with E-state index in [1.165, 1.54) is 11.1 Å². The Balaban J connectivity index is 0.00000132. The van der Waals surface area contributed by atoms with Crippen molar-refractivity contribution in [2.45, 2.75) is 44.3 Å². The van der Waals surface area contributed by atoms with Gasteiger partial charge >= 0.3 is 27.7 Å². The zero-order valence-corrected chi connectivity index (χ0v) is 20.0. The molecular weight excluding hydrogens is 492 g/mol. The molecule has 0 N–H and O–H groups in total. The Morgan fingerprint density at radius 3 is 1.83 bits per heavy atom. The van der Waals surface area contributed by atoms with Gasteiger partial charge in [-0.05, 0) is 30.4 Å². The summed E-state index contributed by atoms with van der Waals surface area (Å²) in [6.45, 7) is 2.10. The molecule has 0 unspecified atom stereocenters. The van der Waals surface area contributed by atoms with E-state index in [2.05, 4.69) is 74.0 Å². The largest absolute Gasteiger partial charge is 1.00 e. The van der Waals surface area contributed by atoms with E-state index in [0.29, 0.717) is 6.10 Å². The molecule has 1 nitrogen and oxygen atoms in total. The maximum Gasteiger partial charge on any atom is 1.00 e. The molecule has 1 aliphatic heterocycles. The van der Waals surface area contributed by atoms with E-state index in [9.17, 15) is 0 Å². The van der Waals surface area contributed by atoms with Gasteiger partial charge < -0.3 is 17.1 Å². The summed E-state index contributed by atoms with van der Waals surface area (Å²) in [7, 11) is 0. The Labute approximate surface area is 166 Å². The number of hydrogen-bond donors (Lipinski definition) is 0. The molecule has 0 amide bonds. The molecule has 2 radical (unpaired) electrons. The van der Waals surface area contributed by atoms with Crippen LogP contribution < -0.4 is 12.4 Å². The molecule has 1 aliphatic rings. The first-order valence-corrected chi connectivity index (χ1v) is 7.85. The second kappa shape index (κ2) is 9.81. The van der Waals surface area contributed by atoms with Crippen LogP contribution in [0.2, 0.25) is 0 Å². The Morgan fingerprint density at radius 1 is 0.957 bits per heavy atom. The van der Waals surface area contributed by atoms with Gasteiger partial charge in [0.2, 0.25) is 0 Å². The molecule has 3 rings (SSSR count). The average molecular weight is 515 g/mol. The molecule has 23 heavy (non-hydrogen) atoms. The first kappa shape index (κ1) is 20.7. The summed E-state index contributed by atoms with van der Waals surface area (Å²) >= 11 is 0. The second-order valence-corrected chi connectivity index (χ2v) is 6.04. The van der Waals surface area contributed by atoms with E-state index in [0.717, 1.165) is 25.7 Å². The molecular formula is C20H23ClHgO. The van der Waals surface area contributed by atoms with Crippen LogP contribution in [-0.2, 0) is 45.2 Å². The third kappa shape index (κ3) is 5.58. The molecule has 0 bridgehead atoms. The average Bonchev–Trinajstić information content (AvgIpc) is 2.92. The third-order valence-electron chi connectivity index (χ3n) is 4.40. The van der Waals surface area contributed by atoms with Gasteiger partial charge in [0.25, 0.3) is 0 Å². The van der Waals surface area contributed by atoms with Crippen molar-refractivity contribution in [1.29, 1.82) is 0 Å². The molecule has 118 valence electrons. The Kier molecular flexibility index (Phi) is 8.81. The first-order valence-electron chi connectivity index (χ1n) is 7.85. The van der Waals surface area contributed by atoms with Gasteiger partial charge in [0.15, 0.2) is 0 Å².